The molecule has 0 saturated carbocycles. The first-order valence-electron chi connectivity index (χ1n) is 5.34. The third kappa shape index (κ3) is 1.78. The van der Waals surface area contributed by atoms with Gasteiger partial charge < -0.3 is 9.63 Å². The van der Waals surface area contributed by atoms with E-state index < -0.39 is 5.97 Å². The summed E-state index contributed by atoms with van der Waals surface area (Å²) in [6, 6.07) is 9.60. The molecule has 0 spiro atoms. The first-order chi connectivity index (χ1) is 8.63. The highest BCUT2D eigenvalue weighted by molar-refractivity contribution is 7.22. The molecular weight excluding hydrogens is 250 g/mol. The van der Waals surface area contributed by atoms with E-state index >= 15 is 0 Å². The molecule has 4 nitrogen and oxygen atoms in total. The third-order valence-electron chi connectivity index (χ3n) is 2.65. The van der Waals surface area contributed by atoms with Gasteiger partial charge in [0.25, 0.3) is 0 Å². The second-order valence-electron chi connectivity index (χ2n) is 4.03. The molecular formula is C13H9NO3S. The summed E-state index contributed by atoms with van der Waals surface area (Å²) in [7, 11) is 0. The van der Waals surface area contributed by atoms with Crippen LogP contribution in [0.4, 0.5) is 0 Å². The summed E-state index contributed by atoms with van der Waals surface area (Å²) < 4.78 is 6.20. The Morgan fingerprint density at radius 2 is 2.17 bits per heavy atom. The Kier molecular flexibility index (Phi) is 2.41. The van der Waals surface area contributed by atoms with Crippen LogP contribution in [0.15, 0.2) is 34.9 Å². The number of aryl methyl sites for hydroxylation is 1. The van der Waals surface area contributed by atoms with E-state index in [9.17, 15) is 4.79 Å². The number of aromatic nitrogens is 1. The van der Waals surface area contributed by atoms with E-state index in [2.05, 4.69) is 11.2 Å². The molecule has 90 valence electrons. The maximum Gasteiger partial charge on any atom is 0.358 e. The van der Waals surface area contributed by atoms with Crippen LogP contribution in [0, 0.1) is 6.92 Å². The number of rotatable bonds is 2. The van der Waals surface area contributed by atoms with Gasteiger partial charge in [-0.1, -0.05) is 17.3 Å². The molecule has 0 aliphatic carbocycles. The highest BCUT2D eigenvalue weighted by Crippen LogP contribution is 2.34. The molecule has 0 aliphatic rings. The molecule has 5 heteroatoms. The lowest BCUT2D eigenvalue weighted by Gasteiger charge is -1.89. The summed E-state index contributed by atoms with van der Waals surface area (Å²) in [5, 5.41) is 13.4. The highest BCUT2D eigenvalue weighted by atomic mass is 32.1. The topological polar surface area (TPSA) is 63.3 Å². The molecule has 3 rings (SSSR count). The Morgan fingerprint density at radius 3 is 2.89 bits per heavy atom. The standard InChI is InChI=1S/C13H9NO3S/c1-7-2-3-8-5-12(18-11(8)4-7)10-6-9(13(15)16)14-17-10/h2-6H,1H3,(H,15,16). The molecule has 0 aliphatic heterocycles. The lowest BCUT2D eigenvalue weighted by atomic mass is 10.2. The van der Waals surface area contributed by atoms with Crippen LogP contribution < -0.4 is 0 Å². The summed E-state index contributed by atoms with van der Waals surface area (Å²) in [4.78, 5) is 11.6. The number of carbonyl (C=O) groups is 1. The van der Waals surface area contributed by atoms with E-state index in [0.29, 0.717) is 5.76 Å². The van der Waals surface area contributed by atoms with Gasteiger partial charge in [0.1, 0.15) is 0 Å². The van der Waals surface area contributed by atoms with Crippen LogP contribution in [0.1, 0.15) is 16.1 Å². The number of aromatic carboxylic acids is 1. The van der Waals surface area contributed by atoms with Gasteiger partial charge >= 0.3 is 5.97 Å². The van der Waals surface area contributed by atoms with Crippen molar-refractivity contribution < 1.29 is 14.4 Å². The van der Waals surface area contributed by atoms with Crippen molar-refractivity contribution in [1.82, 2.24) is 5.16 Å². The summed E-state index contributed by atoms with van der Waals surface area (Å²) in [5.74, 6) is -0.590. The number of hydrogen-bond donors (Lipinski definition) is 1. The minimum Gasteiger partial charge on any atom is -0.476 e. The molecule has 1 aromatic carbocycles. The highest BCUT2D eigenvalue weighted by Gasteiger charge is 2.14. The molecule has 0 amide bonds. The van der Waals surface area contributed by atoms with Crippen LogP contribution >= 0.6 is 11.3 Å². The lowest BCUT2D eigenvalue weighted by molar-refractivity contribution is 0.0686. The zero-order chi connectivity index (χ0) is 12.7. The van der Waals surface area contributed by atoms with Crippen molar-refractivity contribution in [3.05, 3.63) is 41.6 Å². The maximum absolute atomic E-state index is 10.7. The SMILES string of the molecule is Cc1ccc2cc(-c3cc(C(=O)O)no3)sc2c1. The molecule has 0 saturated heterocycles. The number of nitrogens with zero attached hydrogens (tertiary/aromatic N) is 1. The number of benzene rings is 1. The first kappa shape index (κ1) is 11.0. The monoisotopic (exact) mass is 259 g/mol. The van der Waals surface area contributed by atoms with E-state index in [1.54, 1.807) is 11.3 Å². The van der Waals surface area contributed by atoms with Gasteiger partial charge in [0.15, 0.2) is 11.5 Å². The Balaban J connectivity index is 2.10. The molecule has 0 atom stereocenters. The van der Waals surface area contributed by atoms with Crippen molar-refractivity contribution in [2.24, 2.45) is 0 Å². The summed E-state index contributed by atoms with van der Waals surface area (Å²) in [6.07, 6.45) is 0. The van der Waals surface area contributed by atoms with Gasteiger partial charge in [-0.2, -0.15) is 0 Å². The molecule has 1 N–H and O–H groups in total. The zero-order valence-corrected chi connectivity index (χ0v) is 10.3. The predicted octanol–water partition coefficient (Wildman–Crippen LogP) is 3.56. The van der Waals surface area contributed by atoms with E-state index in [4.69, 9.17) is 9.63 Å². The van der Waals surface area contributed by atoms with Crippen LogP contribution in [-0.4, -0.2) is 16.2 Å². The fourth-order valence-corrected chi connectivity index (χ4v) is 2.86. The molecule has 0 fully saturated rings. The molecule has 0 bridgehead atoms. The summed E-state index contributed by atoms with van der Waals surface area (Å²) in [5.41, 5.74) is 1.12. The number of carboxylic acids is 1. The van der Waals surface area contributed by atoms with E-state index in [1.807, 2.05) is 25.1 Å². The number of fused-ring (bicyclic) bond motifs is 1. The van der Waals surface area contributed by atoms with E-state index in [0.717, 1.165) is 15.0 Å². The van der Waals surface area contributed by atoms with Gasteiger partial charge in [-0.3, -0.25) is 0 Å². The maximum atomic E-state index is 10.7. The van der Waals surface area contributed by atoms with Gasteiger partial charge in [-0.15, -0.1) is 11.3 Å². The van der Waals surface area contributed by atoms with Gasteiger partial charge in [0, 0.05) is 10.8 Å². The second-order valence-corrected chi connectivity index (χ2v) is 5.12. The predicted molar refractivity (Wildman–Crippen MR) is 69.0 cm³/mol. The van der Waals surface area contributed by atoms with Crippen molar-refractivity contribution in [3.8, 4) is 10.6 Å². The molecule has 18 heavy (non-hydrogen) atoms. The van der Waals surface area contributed by atoms with Crippen molar-refractivity contribution >= 4 is 27.4 Å². The minimum absolute atomic E-state index is 0.0707. The van der Waals surface area contributed by atoms with Crippen molar-refractivity contribution in [2.45, 2.75) is 6.92 Å². The average Bonchev–Trinajstić information content (AvgIpc) is 2.93. The molecule has 3 aromatic rings. The summed E-state index contributed by atoms with van der Waals surface area (Å²) in [6.45, 7) is 2.04. The fraction of sp³-hybridized carbons (Fsp3) is 0.0769. The number of carboxylic acid groups (broad SMARTS) is 1. The quantitative estimate of drug-likeness (QED) is 0.764. The average molecular weight is 259 g/mol. The van der Waals surface area contributed by atoms with Crippen LogP contribution in [0.2, 0.25) is 0 Å². The van der Waals surface area contributed by atoms with Gasteiger partial charge in [-0.25, -0.2) is 4.79 Å². The molecule has 0 radical (unpaired) electrons. The molecule has 0 unspecified atom stereocenters. The van der Waals surface area contributed by atoms with Crippen LogP contribution in [-0.2, 0) is 0 Å². The summed E-state index contributed by atoms with van der Waals surface area (Å²) >= 11 is 1.56. The first-order valence-corrected chi connectivity index (χ1v) is 6.16. The van der Waals surface area contributed by atoms with Crippen molar-refractivity contribution in [3.63, 3.8) is 0 Å². The largest absolute Gasteiger partial charge is 0.476 e. The fourth-order valence-electron chi connectivity index (χ4n) is 1.75. The number of thiophene rings is 1. The Labute approximate surface area is 106 Å². The third-order valence-corrected chi connectivity index (χ3v) is 3.76. The second kappa shape index (κ2) is 3.96. The Morgan fingerprint density at radius 1 is 1.33 bits per heavy atom. The van der Waals surface area contributed by atoms with E-state index in [-0.39, 0.29) is 5.69 Å². The molecule has 2 aromatic heterocycles. The normalized spacial score (nSPS) is 10.9. The Bertz CT molecular complexity index is 742. The Hall–Kier alpha value is -2.14. The van der Waals surface area contributed by atoms with Crippen molar-refractivity contribution in [1.29, 1.82) is 0 Å². The lowest BCUT2D eigenvalue weighted by Crippen LogP contribution is -1.94. The van der Waals surface area contributed by atoms with Crippen molar-refractivity contribution in [2.75, 3.05) is 0 Å². The van der Waals surface area contributed by atoms with E-state index in [1.165, 1.54) is 11.6 Å². The smallest absolute Gasteiger partial charge is 0.358 e. The molecule has 2 heterocycles. The number of hydrogen-bond acceptors (Lipinski definition) is 4. The van der Waals surface area contributed by atoms with Crippen LogP contribution in [0.25, 0.3) is 20.7 Å². The minimum atomic E-state index is -1.08. The van der Waals surface area contributed by atoms with Crippen LogP contribution in [0.5, 0.6) is 0 Å². The van der Waals surface area contributed by atoms with Crippen LogP contribution in [0.3, 0.4) is 0 Å². The van der Waals surface area contributed by atoms with Gasteiger partial charge in [0.05, 0.1) is 4.88 Å². The zero-order valence-electron chi connectivity index (χ0n) is 9.51. The van der Waals surface area contributed by atoms with Gasteiger partial charge in [0.2, 0.25) is 0 Å². The van der Waals surface area contributed by atoms with Gasteiger partial charge in [-0.05, 0) is 30.0 Å².